The maximum Gasteiger partial charge on any atom is 0.373 e. The van der Waals surface area contributed by atoms with Gasteiger partial charge in [0, 0.05) is 37.1 Å². The van der Waals surface area contributed by atoms with Crippen molar-refractivity contribution >= 4 is 18.2 Å². The molecule has 0 aliphatic rings. The van der Waals surface area contributed by atoms with Crippen molar-refractivity contribution in [2.45, 2.75) is 20.3 Å². The SMILES string of the molecule is CB(O)NCc1cc(C)c(-c2ccnc3[nH]c(-c4cnn(C)c4)nc23)cc1F. The Morgan fingerprint density at radius 2 is 2.14 bits per heavy atom. The second-order valence-corrected chi connectivity index (χ2v) is 6.86. The topological polar surface area (TPSA) is 91.6 Å². The standard InChI is InChI=1S/C19H20BFN6O/c1-11-6-12(8-23-20(2)28)16(21)7-15(11)14-4-5-22-19-17(14)25-18(26-19)13-9-24-27(3)10-13/h4-7,9-10,23,28H,8H2,1-3H3,(H,22,25,26). The molecule has 7 nitrogen and oxygen atoms in total. The Kier molecular flexibility index (Phi) is 4.70. The number of H-pyrrole nitrogens is 1. The molecule has 4 rings (SSSR count). The van der Waals surface area contributed by atoms with Gasteiger partial charge in [0.15, 0.2) is 5.65 Å². The van der Waals surface area contributed by atoms with Gasteiger partial charge in [-0.3, -0.25) is 4.68 Å². The van der Waals surface area contributed by atoms with Crippen LogP contribution >= 0.6 is 0 Å². The molecule has 0 bridgehead atoms. The first-order chi connectivity index (χ1) is 13.4. The molecule has 0 saturated carbocycles. The van der Waals surface area contributed by atoms with Crippen LogP contribution in [0.2, 0.25) is 6.82 Å². The molecule has 0 radical (unpaired) electrons. The van der Waals surface area contributed by atoms with E-state index >= 15 is 0 Å². The van der Waals surface area contributed by atoms with Crippen molar-refractivity contribution in [3.8, 4) is 22.5 Å². The maximum atomic E-state index is 14.7. The number of aryl methyl sites for hydroxylation is 2. The average Bonchev–Trinajstić information content (AvgIpc) is 3.27. The number of pyridine rings is 1. The molecule has 3 N–H and O–H groups in total. The van der Waals surface area contributed by atoms with Gasteiger partial charge >= 0.3 is 7.05 Å². The maximum absolute atomic E-state index is 14.7. The molecule has 0 unspecified atom stereocenters. The molecule has 142 valence electrons. The molecule has 3 heterocycles. The highest BCUT2D eigenvalue weighted by atomic mass is 19.1. The van der Waals surface area contributed by atoms with Crippen LogP contribution < -0.4 is 5.23 Å². The first kappa shape index (κ1) is 18.3. The van der Waals surface area contributed by atoms with Gasteiger partial charge in [0.05, 0.1) is 11.8 Å². The Labute approximate surface area is 161 Å². The molecule has 0 saturated heterocycles. The third-order valence-electron chi connectivity index (χ3n) is 4.63. The predicted octanol–water partition coefficient (Wildman–Crippen LogP) is 2.67. The highest BCUT2D eigenvalue weighted by Gasteiger charge is 2.16. The van der Waals surface area contributed by atoms with Gasteiger partial charge in [-0.15, -0.1) is 0 Å². The first-order valence-electron chi connectivity index (χ1n) is 8.97. The number of imidazole rings is 1. The van der Waals surface area contributed by atoms with Crippen LogP contribution in [0, 0.1) is 12.7 Å². The lowest BCUT2D eigenvalue weighted by Gasteiger charge is -2.12. The highest BCUT2D eigenvalue weighted by molar-refractivity contribution is 6.45. The van der Waals surface area contributed by atoms with Crippen molar-refractivity contribution in [3.05, 3.63) is 53.7 Å². The average molecular weight is 378 g/mol. The zero-order chi connectivity index (χ0) is 19.8. The molecule has 0 aliphatic heterocycles. The lowest BCUT2D eigenvalue weighted by Crippen LogP contribution is -2.30. The van der Waals surface area contributed by atoms with E-state index in [9.17, 15) is 9.41 Å². The predicted molar refractivity (Wildman–Crippen MR) is 107 cm³/mol. The van der Waals surface area contributed by atoms with Gasteiger partial charge < -0.3 is 15.2 Å². The third kappa shape index (κ3) is 3.41. The van der Waals surface area contributed by atoms with Gasteiger partial charge in [-0.25, -0.2) is 14.4 Å². The molecule has 0 spiro atoms. The molecule has 0 atom stereocenters. The summed E-state index contributed by atoms with van der Waals surface area (Å²) in [7, 11) is 1.14. The minimum atomic E-state index is -0.700. The van der Waals surface area contributed by atoms with Crippen LogP contribution in [0.1, 0.15) is 11.1 Å². The van der Waals surface area contributed by atoms with Crippen LogP contribution in [0.15, 0.2) is 36.8 Å². The monoisotopic (exact) mass is 378 g/mol. The van der Waals surface area contributed by atoms with Gasteiger partial charge in [0.25, 0.3) is 0 Å². The molecular formula is C19H20BFN6O. The van der Waals surface area contributed by atoms with Crippen molar-refractivity contribution in [1.82, 2.24) is 30.0 Å². The Hall–Kier alpha value is -3.04. The van der Waals surface area contributed by atoms with Crippen LogP contribution in [-0.4, -0.2) is 36.8 Å². The largest absolute Gasteiger partial charge is 0.437 e. The molecule has 0 fully saturated rings. The summed E-state index contributed by atoms with van der Waals surface area (Å²) in [5.74, 6) is 0.334. The van der Waals surface area contributed by atoms with E-state index in [1.165, 1.54) is 6.07 Å². The fraction of sp³-hybridized carbons (Fsp3) is 0.211. The fourth-order valence-electron chi connectivity index (χ4n) is 3.23. The number of nitrogens with zero attached hydrogens (tertiary/aromatic N) is 4. The Bertz CT molecular complexity index is 1150. The van der Waals surface area contributed by atoms with Crippen LogP contribution in [0.25, 0.3) is 33.7 Å². The van der Waals surface area contributed by atoms with Gasteiger partial charge in [-0.05, 0) is 37.0 Å². The number of benzene rings is 1. The number of nitrogens with one attached hydrogen (secondary N) is 2. The van der Waals surface area contributed by atoms with E-state index in [0.717, 1.165) is 22.3 Å². The Balaban J connectivity index is 1.78. The van der Waals surface area contributed by atoms with Crippen LogP contribution in [0.3, 0.4) is 0 Å². The van der Waals surface area contributed by atoms with Crippen molar-refractivity contribution in [2.75, 3.05) is 0 Å². The second kappa shape index (κ2) is 7.18. The van der Waals surface area contributed by atoms with Crippen LogP contribution in [0.4, 0.5) is 4.39 Å². The summed E-state index contributed by atoms with van der Waals surface area (Å²) < 4.78 is 16.4. The fourth-order valence-corrected chi connectivity index (χ4v) is 3.23. The smallest absolute Gasteiger partial charge is 0.373 e. The number of hydrogen-bond acceptors (Lipinski definition) is 5. The van der Waals surface area contributed by atoms with Crippen molar-refractivity contribution in [1.29, 1.82) is 0 Å². The minimum absolute atomic E-state index is 0.254. The number of halogens is 1. The lowest BCUT2D eigenvalue weighted by atomic mass is 9.88. The van der Waals surface area contributed by atoms with E-state index in [0.29, 0.717) is 22.6 Å². The molecule has 0 aliphatic carbocycles. The number of aromatic amines is 1. The summed E-state index contributed by atoms with van der Waals surface area (Å²) in [5, 5.41) is 16.4. The van der Waals surface area contributed by atoms with Gasteiger partial charge in [-0.1, -0.05) is 6.07 Å². The molecule has 28 heavy (non-hydrogen) atoms. The molecular weight excluding hydrogens is 358 g/mol. The summed E-state index contributed by atoms with van der Waals surface area (Å²) in [6.07, 6.45) is 5.28. The Morgan fingerprint density at radius 3 is 2.86 bits per heavy atom. The number of aromatic nitrogens is 5. The van der Waals surface area contributed by atoms with Crippen molar-refractivity contribution < 1.29 is 9.41 Å². The number of rotatable bonds is 5. The van der Waals surface area contributed by atoms with Gasteiger partial charge in [-0.2, -0.15) is 5.10 Å². The van der Waals surface area contributed by atoms with Gasteiger partial charge in [0.1, 0.15) is 17.2 Å². The van der Waals surface area contributed by atoms with Gasteiger partial charge in [0.2, 0.25) is 0 Å². The van der Waals surface area contributed by atoms with Crippen molar-refractivity contribution in [2.24, 2.45) is 7.05 Å². The van der Waals surface area contributed by atoms with E-state index in [4.69, 9.17) is 0 Å². The lowest BCUT2D eigenvalue weighted by molar-refractivity contribution is 0.548. The molecule has 3 aromatic heterocycles. The van der Waals surface area contributed by atoms with E-state index in [1.54, 1.807) is 30.0 Å². The second-order valence-electron chi connectivity index (χ2n) is 6.86. The molecule has 4 aromatic rings. The molecule has 1 aromatic carbocycles. The van der Waals surface area contributed by atoms with E-state index in [-0.39, 0.29) is 12.4 Å². The van der Waals surface area contributed by atoms with Crippen LogP contribution in [0.5, 0.6) is 0 Å². The summed E-state index contributed by atoms with van der Waals surface area (Å²) >= 11 is 0. The van der Waals surface area contributed by atoms with E-state index < -0.39 is 7.05 Å². The minimum Gasteiger partial charge on any atom is -0.437 e. The summed E-state index contributed by atoms with van der Waals surface area (Å²) in [4.78, 5) is 12.3. The molecule has 9 heteroatoms. The van der Waals surface area contributed by atoms with Crippen molar-refractivity contribution in [3.63, 3.8) is 0 Å². The van der Waals surface area contributed by atoms with E-state index in [1.807, 2.05) is 26.2 Å². The van der Waals surface area contributed by atoms with Crippen LogP contribution in [-0.2, 0) is 13.6 Å². The summed E-state index contributed by atoms with van der Waals surface area (Å²) in [6.45, 7) is 3.79. The summed E-state index contributed by atoms with van der Waals surface area (Å²) in [6, 6.07) is 5.15. The number of fused-ring (bicyclic) bond motifs is 1. The normalized spacial score (nSPS) is 11.3. The number of hydrogen-bond donors (Lipinski definition) is 3. The zero-order valence-electron chi connectivity index (χ0n) is 15.9. The third-order valence-corrected chi connectivity index (χ3v) is 4.63. The van der Waals surface area contributed by atoms with E-state index in [2.05, 4.69) is 25.3 Å². The zero-order valence-corrected chi connectivity index (χ0v) is 15.9. The summed E-state index contributed by atoms with van der Waals surface area (Å²) in [5.41, 5.74) is 5.16. The first-order valence-corrected chi connectivity index (χ1v) is 8.97. The Morgan fingerprint density at radius 1 is 1.32 bits per heavy atom. The molecule has 0 amide bonds. The quantitative estimate of drug-likeness (QED) is 0.465. The highest BCUT2D eigenvalue weighted by Crippen LogP contribution is 2.32.